The second kappa shape index (κ2) is 14.8. The number of hydrogen-bond donors (Lipinski definition) is 0. The molecule has 1 fully saturated rings. The van der Waals surface area contributed by atoms with Crippen LogP contribution < -0.4 is 10.4 Å². The number of unbranched alkanes of at least 4 members (excludes halogenated alkanes) is 8. The first-order chi connectivity index (χ1) is 16.3. The zero-order valence-corrected chi connectivity index (χ0v) is 22.1. The van der Waals surface area contributed by atoms with E-state index in [9.17, 15) is 0 Å². The van der Waals surface area contributed by atoms with Crippen molar-refractivity contribution in [2.45, 2.75) is 103 Å². The Morgan fingerprint density at radius 2 is 1.21 bits per heavy atom. The molecule has 2 aromatic rings. The van der Waals surface area contributed by atoms with E-state index in [1.165, 1.54) is 87.4 Å². The van der Waals surface area contributed by atoms with E-state index in [0.717, 1.165) is 13.0 Å². The van der Waals surface area contributed by atoms with E-state index in [1.54, 1.807) is 0 Å². The first-order valence-corrected chi connectivity index (χ1v) is 15.5. The highest BCUT2D eigenvalue weighted by atomic mass is 28.4. The highest BCUT2D eigenvalue weighted by Crippen LogP contribution is 2.31. The summed E-state index contributed by atoms with van der Waals surface area (Å²) in [6.07, 6.45) is 17.4. The molecule has 0 radical (unpaired) electrons. The lowest BCUT2D eigenvalue weighted by Gasteiger charge is -2.36. The van der Waals surface area contributed by atoms with Crippen LogP contribution in [0.2, 0.25) is 0 Å². The Morgan fingerprint density at radius 3 is 1.73 bits per heavy atom. The molecule has 3 rings (SSSR count). The van der Waals surface area contributed by atoms with Crippen molar-refractivity contribution in [2.75, 3.05) is 6.61 Å². The van der Waals surface area contributed by atoms with Crippen molar-refractivity contribution >= 4 is 18.9 Å². The van der Waals surface area contributed by atoms with Crippen molar-refractivity contribution in [3.63, 3.8) is 0 Å². The van der Waals surface area contributed by atoms with E-state index >= 15 is 0 Å². The summed E-state index contributed by atoms with van der Waals surface area (Å²) in [6.45, 7) is 5.35. The molecule has 1 aliphatic carbocycles. The standard InChI is InChI=1S/C30H46O2Si/c1-3-4-5-6-7-8-9-10-19-26-31-33(29-22-13-11-14-23-29,30-24-15-12-16-25-30)32-27(2)28-20-17-18-21-28/h11-16,22-25,27-28H,3-10,17-21,26H2,1-2H3. The molecule has 1 aliphatic rings. The van der Waals surface area contributed by atoms with Gasteiger partial charge in [-0.15, -0.1) is 0 Å². The van der Waals surface area contributed by atoms with Crippen LogP contribution in [0.4, 0.5) is 0 Å². The highest BCUT2D eigenvalue weighted by Gasteiger charge is 2.45. The molecule has 1 atom stereocenters. The normalized spacial score (nSPS) is 15.7. The lowest BCUT2D eigenvalue weighted by molar-refractivity contribution is 0.0995. The van der Waals surface area contributed by atoms with E-state index in [-0.39, 0.29) is 6.10 Å². The van der Waals surface area contributed by atoms with Crippen LogP contribution >= 0.6 is 0 Å². The van der Waals surface area contributed by atoms with Gasteiger partial charge in [0, 0.05) is 12.7 Å². The predicted molar refractivity (Wildman–Crippen MR) is 144 cm³/mol. The Bertz CT molecular complexity index is 703. The Morgan fingerprint density at radius 1 is 0.727 bits per heavy atom. The van der Waals surface area contributed by atoms with E-state index < -0.39 is 8.56 Å². The maximum Gasteiger partial charge on any atom is 0.407 e. The molecular weight excluding hydrogens is 420 g/mol. The molecule has 0 bridgehead atoms. The quantitative estimate of drug-likeness (QED) is 0.190. The third kappa shape index (κ3) is 8.08. The smallest absolute Gasteiger partial charge is 0.388 e. The summed E-state index contributed by atoms with van der Waals surface area (Å²) in [5, 5.41) is 2.47. The molecule has 3 heteroatoms. The summed E-state index contributed by atoms with van der Waals surface area (Å²) < 4.78 is 14.0. The van der Waals surface area contributed by atoms with E-state index in [2.05, 4.69) is 74.5 Å². The average molecular weight is 467 g/mol. The molecule has 2 aromatic carbocycles. The minimum atomic E-state index is -2.77. The van der Waals surface area contributed by atoms with Gasteiger partial charge in [0.25, 0.3) is 0 Å². The van der Waals surface area contributed by atoms with Gasteiger partial charge in [-0.05, 0) is 42.5 Å². The topological polar surface area (TPSA) is 18.5 Å². The number of benzene rings is 2. The molecule has 1 unspecified atom stereocenters. The van der Waals surface area contributed by atoms with Gasteiger partial charge >= 0.3 is 8.56 Å². The van der Waals surface area contributed by atoms with Crippen molar-refractivity contribution in [3.8, 4) is 0 Å². The van der Waals surface area contributed by atoms with Crippen molar-refractivity contribution in [1.82, 2.24) is 0 Å². The fourth-order valence-corrected chi connectivity index (χ4v) is 8.65. The fraction of sp³-hybridized carbons (Fsp3) is 0.600. The van der Waals surface area contributed by atoms with E-state index in [4.69, 9.17) is 8.85 Å². The molecule has 0 N–H and O–H groups in total. The van der Waals surface area contributed by atoms with Crippen molar-refractivity contribution in [2.24, 2.45) is 5.92 Å². The van der Waals surface area contributed by atoms with Gasteiger partial charge in [0.1, 0.15) is 0 Å². The lowest BCUT2D eigenvalue weighted by Crippen LogP contribution is -2.65. The maximum atomic E-state index is 7.09. The van der Waals surface area contributed by atoms with Crippen LogP contribution in [0.1, 0.15) is 97.3 Å². The van der Waals surface area contributed by atoms with Crippen LogP contribution in [0.15, 0.2) is 60.7 Å². The molecule has 0 aromatic heterocycles. The largest absolute Gasteiger partial charge is 0.407 e. The molecule has 1 saturated carbocycles. The number of rotatable bonds is 16. The van der Waals surface area contributed by atoms with Gasteiger partial charge in [0.15, 0.2) is 0 Å². The van der Waals surface area contributed by atoms with Crippen LogP contribution in [0.3, 0.4) is 0 Å². The van der Waals surface area contributed by atoms with Crippen molar-refractivity contribution in [3.05, 3.63) is 60.7 Å². The fourth-order valence-electron chi connectivity index (χ4n) is 5.23. The molecular formula is C30H46O2Si. The van der Waals surface area contributed by atoms with Crippen molar-refractivity contribution in [1.29, 1.82) is 0 Å². The summed E-state index contributed by atoms with van der Waals surface area (Å²) >= 11 is 0. The van der Waals surface area contributed by atoms with Gasteiger partial charge in [-0.3, -0.25) is 0 Å². The third-order valence-electron chi connectivity index (χ3n) is 7.28. The summed E-state index contributed by atoms with van der Waals surface area (Å²) in [6, 6.07) is 21.6. The summed E-state index contributed by atoms with van der Waals surface area (Å²) in [5.41, 5.74) is 0. The van der Waals surface area contributed by atoms with Gasteiger partial charge < -0.3 is 8.85 Å². The molecule has 0 heterocycles. The Kier molecular flexibility index (Phi) is 11.7. The van der Waals surface area contributed by atoms with Gasteiger partial charge in [-0.2, -0.15) is 0 Å². The van der Waals surface area contributed by atoms with Gasteiger partial charge in [0.2, 0.25) is 0 Å². The van der Waals surface area contributed by atoms with Crippen LogP contribution in [-0.2, 0) is 8.85 Å². The monoisotopic (exact) mass is 466 g/mol. The van der Waals surface area contributed by atoms with Crippen LogP contribution in [-0.4, -0.2) is 21.3 Å². The lowest BCUT2D eigenvalue weighted by atomic mass is 10.0. The Hall–Kier alpha value is -1.42. The SMILES string of the molecule is CCCCCCCCCCCO[Si](OC(C)C1CCCC1)(c1ccccc1)c1ccccc1. The second-order valence-electron chi connectivity index (χ2n) is 9.89. The van der Waals surface area contributed by atoms with Crippen LogP contribution in [0.5, 0.6) is 0 Å². The zero-order chi connectivity index (χ0) is 23.2. The van der Waals surface area contributed by atoms with Gasteiger partial charge in [-0.25, -0.2) is 0 Å². The number of hydrogen-bond acceptors (Lipinski definition) is 2. The van der Waals surface area contributed by atoms with Crippen LogP contribution in [0, 0.1) is 5.92 Å². The average Bonchev–Trinajstić information content (AvgIpc) is 3.41. The van der Waals surface area contributed by atoms with E-state index in [1.807, 2.05) is 0 Å². The predicted octanol–water partition coefficient (Wildman–Crippen LogP) is 7.39. The van der Waals surface area contributed by atoms with Crippen LogP contribution in [0.25, 0.3) is 0 Å². The second-order valence-corrected chi connectivity index (χ2v) is 12.8. The zero-order valence-electron chi connectivity index (χ0n) is 21.1. The molecule has 0 aliphatic heterocycles. The maximum absolute atomic E-state index is 7.09. The summed E-state index contributed by atoms with van der Waals surface area (Å²) in [7, 11) is -2.77. The molecule has 0 spiro atoms. The first-order valence-electron chi connectivity index (χ1n) is 13.7. The summed E-state index contributed by atoms with van der Waals surface area (Å²) in [4.78, 5) is 0. The molecule has 33 heavy (non-hydrogen) atoms. The summed E-state index contributed by atoms with van der Waals surface area (Å²) in [5.74, 6) is 0.653. The minimum Gasteiger partial charge on any atom is -0.388 e. The van der Waals surface area contributed by atoms with Crippen molar-refractivity contribution < 1.29 is 8.85 Å². The molecule has 0 amide bonds. The minimum absolute atomic E-state index is 0.225. The highest BCUT2D eigenvalue weighted by molar-refractivity contribution is 6.92. The molecule has 182 valence electrons. The van der Waals surface area contributed by atoms with E-state index in [0.29, 0.717) is 5.92 Å². The van der Waals surface area contributed by atoms with Gasteiger partial charge in [-0.1, -0.05) is 132 Å². The Balaban J connectivity index is 1.66. The first kappa shape index (κ1) is 26.2. The molecule has 0 saturated heterocycles. The third-order valence-corrected chi connectivity index (χ3v) is 10.8. The molecule has 2 nitrogen and oxygen atoms in total. The Labute approximate surface area is 204 Å². The van der Waals surface area contributed by atoms with Gasteiger partial charge in [0.05, 0.1) is 0 Å².